The summed E-state index contributed by atoms with van der Waals surface area (Å²) in [5.74, 6) is -1.49. The second-order valence-electron chi connectivity index (χ2n) is 3.89. The highest BCUT2D eigenvalue weighted by Gasteiger charge is 2.23. The average molecular weight is 284 g/mol. The molecule has 4 N–H and O–H groups in total. The van der Waals surface area contributed by atoms with E-state index in [2.05, 4.69) is 20.9 Å². The Hall–Kier alpha value is -2.00. The number of carbonyl (C=O) groups excluding carboxylic acids is 2. The highest BCUT2D eigenvalue weighted by atomic mass is 32.1. The maximum absolute atomic E-state index is 11.8. The number of nitrogens with one attached hydrogen (secondary N) is 3. The number of thiazole rings is 1. The monoisotopic (exact) mass is 284 g/mol. The lowest BCUT2D eigenvalue weighted by molar-refractivity contribution is -0.126. The Morgan fingerprint density at radius 1 is 1.58 bits per heavy atom. The van der Waals surface area contributed by atoms with E-state index < -0.39 is 12.0 Å². The van der Waals surface area contributed by atoms with Gasteiger partial charge in [-0.1, -0.05) is 0 Å². The van der Waals surface area contributed by atoms with Gasteiger partial charge < -0.3 is 15.7 Å². The van der Waals surface area contributed by atoms with E-state index in [4.69, 9.17) is 5.11 Å². The largest absolute Gasteiger partial charge is 0.476 e. The maximum Gasteiger partial charge on any atom is 0.355 e. The smallest absolute Gasteiger partial charge is 0.355 e. The number of nitrogens with zero attached hydrogens (tertiary/aromatic N) is 1. The molecule has 1 unspecified atom stereocenters. The fourth-order valence-electron chi connectivity index (χ4n) is 1.53. The van der Waals surface area contributed by atoms with E-state index in [0.29, 0.717) is 5.01 Å². The molecular formula is C10H12N4O4S. The normalized spacial score (nSPS) is 18.7. The van der Waals surface area contributed by atoms with E-state index in [1.807, 2.05) is 0 Å². The number of carboxylic acids is 1. The first-order valence-corrected chi connectivity index (χ1v) is 6.39. The molecule has 0 aromatic carbocycles. The molecule has 0 spiro atoms. The zero-order valence-corrected chi connectivity index (χ0v) is 10.6. The van der Waals surface area contributed by atoms with Crippen molar-refractivity contribution in [2.75, 3.05) is 13.1 Å². The van der Waals surface area contributed by atoms with Crippen LogP contribution < -0.4 is 16.0 Å². The van der Waals surface area contributed by atoms with Gasteiger partial charge in [0.1, 0.15) is 11.0 Å². The van der Waals surface area contributed by atoms with Crippen molar-refractivity contribution in [2.45, 2.75) is 12.6 Å². The zero-order chi connectivity index (χ0) is 13.8. The molecule has 1 aromatic heterocycles. The molecule has 102 valence electrons. The van der Waals surface area contributed by atoms with E-state index in [0.717, 1.165) is 0 Å². The molecule has 8 nitrogen and oxygen atoms in total. The van der Waals surface area contributed by atoms with Crippen LogP contribution in [0.15, 0.2) is 5.38 Å². The van der Waals surface area contributed by atoms with Gasteiger partial charge in [-0.15, -0.1) is 11.3 Å². The molecule has 2 amide bonds. The third-order valence-electron chi connectivity index (χ3n) is 2.51. The minimum Gasteiger partial charge on any atom is -0.476 e. The molecule has 1 saturated heterocycles. The number of aromatic carboxylic acids is 1. The van der Waals surface area contributed by atoms with Crippen molar-refractivity contribution in [1.29, 1.82) is 0 Å². The number of amides is 2. The van der Waals surface area contributed by atoms with Crippen LogP contribution in [0, 0.1) is 0 Å². The maximum atomic E-state index is 11.8. The molecule has 0 saturated carbocycles. The quantitative estimate of drug-likeness (QED) is 0.536. The lowest BCUT2D eigenvalue weighted by Gasteiger charge is -2.22. The third kappa shape index (κ3) is 3.48. The van der Waals surface area contributed by atoms with Gasteiger partial charge in [0.2, 0.25) is 11.8 Å². The molecule has 2 rings (SSSR count). The standard InChI is InChI=1S/C10H12N4O4S/c15-7-2-11-5(1-12-7)9(16)13-3-8-14-6(4-19-8)10(17)18/h4-5,11H,1-3H2,(H,12,15)(H,13,16)(H,17,18). The molecule has 0 aliphatic carbocycles. The van der Waals surface area contributed by atoms with E-state index >= 15 is 0 Å². The molecule has 2 heterocycles. The van der Waals surface area contributed by atoms with Crippen LogP contribution in [0.2, 0.25) is 0 Å². The lowest BCUT2D eigenvalue weighted by atomic mass is 10.2. The Morgan fingerprint density at radius 2 is 2.37 bits per heavy atom. The summed E-state index contributed by atoms with van der Waals surface area (Å²) in [4.78, 5) is 37.2. The number of piperazine rings is 1. The molecule has 1 aliphatic heterocycles. The third-order valence-corrected chi connectivity index (χ3v) is 3.36. The predicted octanol–water partition coefficient (Wildman–Crippen LogP) is -1.45. The Kier molecular flexibility index (Phi) is 4.07. The summed E-state index contributed by atoms with van der Waals surface area (Å²) in [6, 6.07) is -0.475. The second-order valence-corrected chi connectivity index (χ2v) is 4.83. The first kappa shape index (κ1) is 13.4. The topological polar surface area (TPSA) is 120 Å². The lowest BCUT2D eigenvalue weighted by Crippen LogP contribution is -2.57. The first-order valence-electron chi connectivity index (χ1n) is 5.52. The van der Waals surface area contributed by atoms with Gasteiger partial charge in [-0.3, -0.25) is 14.9 Å². The summed E-state index contributed by atoms with van der Waals surface area (Å²) in [5.41, 5.74) is -0.0303. The Bertz CT molecular complexity index is 505. The van der Waals surface area contributed by atoms with Crippen LogP contribution in [-0.4, -0.2) is 47.0 Å². The summed E-state index contributed by atoms with van der Waals surface area (Å²) in [7, 11) is 0. The van der Waals surface area contributed by atoms with Gasteiger partial charge in [0, 0.05) is 11.9 Å². The van der Waals surface area contributed by atoms with Gasteiger partial charge in [0.15, 0.2) is 5.69 Å². The van der Waals surface area contributed by atoms with Gasteiger partial charge in [0.05, 0.1) is 13.1 Å². The molecule has 9 heteroatoms. The van der Waals surface area contributed by atoms with Crippen LogP contribution in [0.4, 0.5) is 0 Å². The van der Waals surface area contributed by atoms with Crippen molar-refractivity contribution in [3.05, 3.63) is 16.1 Å². The number of aromatic nitrogens is 1. The summed E-state index contributed by atoms with van der Waals surface area (Å²) in [6.45, 7) is 0.518. The molecule has 0 bridgehead atoms. The molecule has 0 radical (unpaired) electrons. The van der Waals surface area contributed by atoms with Gasteiger partial charge in [-0.25, -0.2) is 9.78 Å². The molecule has 19 heavy (non-hydrogen) atoms. The van der Waals surface area contributed by atoms with Crippen molar-refractivity contribution < 1.29 is 19.5 Å². The van der Waals surface area contributed by atoms with E-state index in [1.165, 1.54) is 16.7 Å². The van der Waals surface area contributed by atoms with Gasteiger partial charge in [-0.05, 0) is 0 Å². The molecule has 1 aliphatic rings. The highest BCUT2D eigenvalue weighted by molar-refractivity contribution is 7.09. The number of carboxylic acid groups (broad SMARTS) is 1. The summed E-state index contributed by atoms with van der Waals surface area (Å²) < 4.78 is 0. The first-order chi connectivity index (χ1) is 9.06. The van der Waals surface area contributed by atoms with E-state index in [-0.39, 0.29) is 37.1 Å². The predicted molar refractivity (Wildman–Crippen MR) is 65.7 cm³/mol. The van der Waals surface area contributed by atoms with E-state index in [9.17, 15) is 14.4 Å². The Labute approximate surface area is 112 Å². The van der Waals surface area contributed by atoms with Crippen LogP contribution >= 0.6 is 11.3 Å². The van der Waals surface area contributed by atoms with Crippen LogP contribution in [0.1, 0.15) is 15.5 Å². The van der Waals surface area contributed by atoms with Crippen molar-refractivity contribution >= 4 is 29.1 Å². The van der Waals surface area contributed by atoms with Crippen molar-refractivity contribution in [3.8, 4) is 0 Å². The minimum atomic E-state index is -1.09. The molecular weight excluding hydrogens is 272 g/mol. The summed E-state index contributed by atoms with van der Waals surface area (Å²) in [6.07, 6.45) is 0. The van der Waals surface area contributed by atoms with Gasteiger partial charge >= 0.3 is 5.97 Å². The fourth-order valence-corrected chi connectivity index (χ4v) is 2.24. The van der Waals surface area contributed by atoms with Gasteiger partial charge in [0.25, 0.3) is 0 Å². The summed E-state index contributed by atoms with van der Waals surface area (Å²) in [5, 5.41) is 18.7. The summed E-state index contributed by atoms with van der Waals surface area (Å²) >= 11 is 1.17. The van der Waals surface area contributed by atoms with Crippen molar-refractivity contribution in [1.82, 2.24) is 20.9 Å². The SMILES string of the molecule is O=C1CNC(C(=O)NCc2nc(C(=O)O)cs2)CN1. The molecule has 1 fully saturated rings. The van der Waals surface area contributed by atoms with Crippen molar-refractivity contribution in [3.63, 3.8) is 0 Å². The van der Waals surface area contributed by atoms with E-state index in [1.54, 1.807) is 0 Å². The highest BCUT2D eigenvalue weighted by Crippen LogP contribution is 2.09. The number of hydrogen-bond acceptors (Lipinski definition) is 6. The van der Waals surface area contributed by atoms with Crippen LogP contribution in [-0.2, 0) is 16.1 Å². The number of carbonyl (C=O) groups is 3. The zero-order valence-electron chi connectivity index (χ0n) is 9.80. The Balaban J connectivity index is 1.82. The Morgan fingerprint density at radius 3 is 2.95 bits per heavy atom. The fraction of sp³-hybridized carbons (Fsp3) is 0.400. The van der Waals surface area contributed by atoms with Gasteiger partial charge in [-0.2, -0.15) is 0 Å². The number of rotatable bonds is 4. The molecule has 1 atom stereocenters. The van der Waals surface area contributed by atoms with Crippen LogP contribution in [0.25, 0.3) is 0 Å². The average Bonchev–Trinajstić information content (AvgIpc) is 2.86. The molecule has 1 aromatic rings. The number of hydrogen-bond donors (Lipinski definition) is 4. The minimum absolute atomic E-state index is 0.0303. The van der Waals surface area contributed by atoms with Crippen molar-refractivity contribution in [2.24, 2.45) is 0 Å². The second kappa shape index (κ2) is 5.76. The van der Waals surface area contributed by atoms with Crippen LogP contribution in [0.3, 0.4) is 0 Å². The van der Waals surface area contributed by atoms with Crippen LogP contribution in [0.5, 0.6) is 0 Å².